The molecule has 0 radical (unpaired) electrons. The average Bonchev–Trinajstić information content (AvgIpc) is 2.83. The van der Waals surface area contributed by atoms with Gasteiger partial charge in [0.05, 0.1) is 0 Å². The number of rotatable bonds is 5. The third kappa shape index (κ3) is 3.34. The second-order valence-corrected chi connectivity index (χ2v) is 5.35. The third-order valence-electron chi connectivity index (χ3n) is 3.85. The van der Waals surface area contributed by atoms with Crippen molar-refractivity contribution in [3.8, 4) is 0 Å². The first-order valence-electron chi connectivity index (χ1n) is 7.01. The predicted molar refractivity (Wildman–Crippen MR) is 75.6 cm³/mol. The maximum atomic E-state index is 5.83. The Morgan fingerprint density at radius 2 is 1.94 bits per heavy atom. The lowest BCUT2D eigenvalue weighted by molar-refractivity contribution is 0.491. The molecule has 1 aromatic heterocycles. The Hall–Kier alpha value is -1.32. The molecule has 1 aromatic rings. The van der Waals surface area contributed by atoms with E-state index in [1.807, 2.05) is 13.8 Å². The molecular formula is C14H24N4. The van der Waals surface area contributed by atoms with Gasteiger partial charge in [0.2, 0.25) is 0 Å². The van der Waals surface area contributed by atoms with Crippen molar-refractivity contribution in [3.63, 3.8) is 0 Å². The summed E-state index contributed by atoms with van der Waals surface area (Å²) in [6.45, 7) is 4.82. The van der Waals surface area contributed by atoms with Crippen LogP contribution in [-0.4, -0.2) is 16.5 Å². The minimum absolute atomic E-state index is 0.584. The Bertz CT molecular complexity index is 397. The van der Waals surface area contributed by atoms with Crippen LogP contribution in [0.25, 0.3) is 0 Å². The van der Waals surface area contributed by atoms with Gasteiger partial charge in [0, 0.05) is 12.1 Å². The zero-order valence-corrected chi connectivity index (χ0v) is 11.5. The molecule has 0 unspecified atom stereocenters. The lowest BCUT2D eigenvalue weighted by Crippen LogP contribution is -2.10. The maximum absolute atomic E-state index is 5.83. The molecule has 4 heteroatoms. The lowest BCUT2D eigenvalue weighted by Gasteiger charge is -2.12. The van der Waals surface area contributed by atoms with E-state index in [9.17, 15) is 0 Å². The van der Waals surface area contributed by atoms with E-state index in [1.54, 1.807) is 0 Å². The molecule has 4 nitrogen and oxygen atoms in total. The van der Waals surface area contributed by atoms with E-state index < -0.39 is 0 Å². The van der Waals surface area contributed by atoms with Crippen molar-refractivity contribution >= 4 is 11.6 Å². The molecule has 2 rings (SSSR count). The molecule has 18 heavy (non-hydrogen) atoms. The van der Waals surface area contributed by atoms with Gasteiger partial charge in [-0.05, 0) is 32.6 Å². The molecule has 0 spiro atoms. The van der Waals surface area contributed by atoms with Gasteiger partial charge in [-0.2, -0.15) is 0 Å². The third-order valence-corrected chi connectivity index (χ3v) is 3.85. The molecule has 1 aliphatic rings. The summed E-state index contributed by atoms with van der Waals surface area (Å²) in [6.07, 6.45) is 8.27. The van der Waals surface area contributed by atoms with E-state index in [1.165, 1.54) is 38.5 Å². The van der Waals surface area contributed by atoms with Crippen LogP contribution in [0, 0.1) is 19.8 Å². The van der Waals surface area contributed by atoms with E-state index in [0.29, 0.717) is 5.82 Å². The second-order valence-electron chi connectivity index (χ2n) is 5.35. The fourth-order valence-corrected chi connectivity index (χ4v) is 2.72. The summed E-state index contributed by atoms with van der Waals surface area (Å²) in [5.74, 6) is 3.17. The summed E-state index contributed by atoms with van der Waals surface area (Å²) in [5, 5.41) is 3.39. The van der Waals surface area contributed by atoms with Crippen LogP contribution in [-0.2, 0) is 0 Å². The normalized spacial score (nSPS) is 16.1. The van der Waals surface area contributed by atoms with Crippen molar-refractivity contribution in [2.24, 2.45) is 5.92 Å². The highest BCUT2D eigenvalue weighted by molar-refractivity contribution is 5.54. The van der Waals surface area contributed by atoms with Gasteiger partial charge in [-0.15, -0.1) is 0 Å². The van der Waals surface area contributed by atoms with E-state index in [4.69, 9.17) is 5.73 Å². The first kappa shape index (κ1) is 13.1. The number of nitrogen functional groups attached to an aromatic ring is 1. The second kappa shape index (κ2) is 6.03. The molecule has 0 amide bonds. The van der Waals surface area contributed by atoms with Gasteiger partial charge < -0.3 is 11.1 Å². The van der Waals surface area contributed by atoms with E-state index in [2.05, 4.69) is 15.3 Å². The van der Waals surface area contributed by atoms with Crippen LogP contribution < -0.4 is 11.1 Å². The minimum atomic E-state index is 0.584. The Morgan fingerprint density at radius 3 is 2.67 bits per heavy atom. The number of nitrogens with zero attached hydrogens (tertiary/aromatic N) is 2. The first-order valence-corrected chi connectivity index (χ1v) is 7.01. The average molecular weight is 248 g/mol. The highest BCUT2D eigenvalue weighted by Crippen LogP contribution is 2.28. The van der Waals surface area contributed by atoms with Gasteiger partial charge in [0.1, 0.15) is 17.5 Å². The number of aromatic nitrogens is 2. The summed E-state index contributed by atoms with van der Waals surface area (Å²) in [5.41, 5.74) is 6.79. The molecule has 100 valence electrons. The Labute approximate surface area is 109 Å². The fraction of sp³-hybridized carbons (Fsp3) is 0.714. The van der Waals surface area contributed by atoms with Gasteiger partial charge in [-0.3, -0.25) is 0 Å². The number of nitrogens with one attached hydrogen (secondary N) is 1. The van der Waals surface area contributed by atoms with Gasteiger partial charge in [0.25, 0.3) is 0 Å². The topological polar surface area (TPSA) is 63.8 Å². The number of hydrogen-bond acceptors (Lipinski definition) is 4. The smallest absolute Gasteiger partial charge is 0.134 e. The lowest BCUT2D eigenvalue weighted by atomic mass is 10.0. The van der Waals surface area contributed by atoms with Crippen LogP contribution in [0.3, 0.4) is 0 Å². The van der Waals surface area contributed by atoms with Crippen molar-refractivity contribution in [1.82, 2.24) is 9.97 Å². The van der Waals surface area contributed by atoms with Crippen LogP contribution in [0.15, 0.2) is 0 Å². The molecule has 0 saturated heterocycles. The van der Waals surface area contributed by atoms with Crippen LogP contribution in [0.1, 0.15) is 49.9 Å². The molecule has 1 aliphatic carbocycles. The predicted octanol–water partition coefficient (Wildman–Crippen LogP) is 3.06. The Morgan fingerprint density at radius 1 is 1.22 bits per heavy atom. The highest BCUT2D eigenvalue weighted by atomic mass is 15.0. The van der Waals surface area contributed by atoms with Crippen LogP contribution >= 0.6 is 0 Å². The van der Waals surface area contributed by atoms with E-state index in [0.717, 1.165) is 29.7 Å². The first-order chi connectivity index (χ1) is 8.66. The molecule has 0 aromatic carbocycles. The Kier molecular flexibility index (Phi) is 4.39. The number of aryl methyl sites for hydroxylation is 1. The maximum Gasteiger partial charge on any atom is 0.134 e. The SMILES string of the molecule is Cc1nc(N)c(C)c(NCCCC2CCCC2)n1. The standard InChI is InChI=1S/C14H24N4/c1-10-13(15)17-11(2)18-14(10)16-9-5-8-12-6-3-4-7-12/h12H,3-9H2,1-2H3,(H3,15,16,17,18). The molecule has 0 atom stereocenters. The Balaban J connectivity index is 1.79. The molecule has 1 saturated carbocycles. The van der Waals surface area contributed by atoms with Crippen molar-refractivity contribution in [2.75, 3.05) is 17.6 Å². The van der Waals surface area contributed by atoms with Crippen molar-refractivity contribution < 1.29 is 0 Å². The summed E-state index contributed by atoms with van der Waals surface area (Å²) < 4.78 is 0. The molecular weight excluding hydrogens is 224 g/mol. The van der Waals surface area contributed by atoms with Crippen molar-refractivity contribution in [3.05, 3.63) is 11.4 Å². The molecule has 1 fully saturated rings. The summed E-state index contributed by atoms with van der Waals surface area (Å²) in [4.78, 5) is 8.55. The van der Waals surface area contributed by atoms with Crippen LogP contribution in [0.5, 0.6) is 0 Å². The molecule has 3 N–H and O–H groups in total. The van der Waals surface area contributed by atoms with E-state index in [-0.39, 0.29) is 0 Å². The minimum Gasteiger partial charge on any atom is -0.383 e. The van der Waals surface area contributed by atoms with Crippen LogP contribution in [0.2, 0.25) is 0 Å². The zero-order valence-electron chi connectivity index (χ0n) is 11.5. The van der Waals surface area contributed by atoms with E-state index >= 15 is 0 Å². The van der Waals surface area contributed by atoms with Crippen molar-refractivity contribution in [2.45, 2.75) is 52.4 Å². The largest absolute Gasteiger partial charge is 0.383 e. The number of nitrogens with two attached hydrogens (primary N) is 1. The monoisotopic (exact) mass is 248 g/mol. The molecule has 0 aliphatic heterocycles. The summed E-state index contributed by atoms with van der Waals surface area (Å²) in [6, 6.07) is 0. The summed E-state index contributed by atoms with van der Waals surface area (Å²) in [7, 11) is 0. The van der Waals surface area contributed by atoms with Gasteiger partial charge in [-0.25, -0.2) is 9.97 Å². The van der Waals surface area contributed by atoms with Gasteiger partial charge >= 0.3 is 0 Å². The zero-order chi connectivity index (χ0) is 13.0. The number of hydrogen-bond donors (Lipinski definition) is 2. The van der Waals surface area contributed by atoms with Gasteiger partial charge in [-0.1, -0.05) is 25.7 Å². The van der Waals surface area contributed by atoms with Crippen molar-refractivity contribution in [1.29, 1.82) is 0 Å². The molecule has 1 heterocycles. The summed E-state index contributed by atoms with van der Waals surface area (Å²) >= 11 is 0. The highest BCUT2D eigenvalue weighted by Gasteiger charge is 2.14. The quantitative estimate of drug-likeness (QED) is 0.786. The van der Waals surface area contributed by atoms with Crippen LogP contribution in [0.4, 0.5) is 11.6 Å². The molecule has 0 bridgehead atoms. The fourth-order valence-electron chi connectivity index (χ4n) is 2.72. The van der Waals surface area contributed by atoms with Gasteiger partial charge in [0.15, 0.2) is 0 Å². The number of anilines is 2.